The highest BCUT2D eigenvalue weighted by molar-refractivity contribution is 5.97. The second kappa shape index (κ2) is 11.6. The Hall–Kier alpha value is -5.33. The fraction of sp³-hybridized carbons (Fsp3) is 0.222. The molecule has 7 N–H and O–H groups in total. The first-order valence-corrected chi connectivity index (χ1v) is 12.2. The van der Waals surface area contributed by atoms with Crippen molar-refractivity contribution >= 4 is 46.5 Å². The number of hydrogen-bond donors (Lipinski definition) is 5. The molecule has 13 nitrogen and oxygen atoms in total. The maximum atomic E-state index is 13.0. The molecule has 0 aliphatic rings. The highest BCUT2D eigenvalue weighted by atomic mass is 16.4. The van der Waals surface area contributed by atoms with E-state index in [0.29, 0.717) is 29.0 Å². The molecule has 0 saturated heterocycles. The molecule has 2 heterocycles. The topological polar surface area (TPSA) is 211 Å². The van der Waals surface area contributed by atoms with Gasteiger partial charge in [0.25, 0.3) is 5.91 Å². The van der Waals surface area contributed by atoms with Crippen molar-refractivity contribution in [2.24, 2.45) is 0 Å². The molecule has 13 heteroatoms. The third-order valence-corrected chi connectivity index (χ3v) is 6.33. The summed E-state index contributed by atoms with van der Waals surface area (Å²) in [7, 11) is 1.82. The summed E-state index contributed by atoms with van der Waals surface area (Å²) < 4.78 is 0. The molecule has 0 bridgehead atoms. The van der Waals surface area contributed by atoms with Gasteiger partial charge in [-0.3, -0.25) is 9.59 Å². The molecule has 1 unspecified atom stereocenters. The van der Waals surface area contributed by atoms with Crippen molar-refractivity contribution in [2.45, 2.75) is 31.8 Å². The van der Waals surface area contributed by atoms with Crippen LogP contribution in [0.1, 0.15) is 39.5 Å². The number of carbonyl (C=O) groups excluding carboxylic acids is 1. The van der Waals surface area contributed by atoms with Gasteiger partial charge in [-0.15, -0.1) is 0 Å². The van der Waals surface area contributed by atoms with Gasteiger partial charge < -0.3 is 31.9 Å². The molecule has 0 spiro atoms. The van der Waals surface area contributed by atoms with Crippen LogP contribution in [-0.4, -0.2) is 61.1 Å². The van der Waals surface area contributed by atoms with Gasteiger partial charge in [0, 0.05) is 24.2 Å². The van der Waals surface area contributed by atoms with Gasteiger partial charge in [0.05, 0.1) is 24.9 Å². The van der Waals surface area contributed by atoms with Gasteiger partial charge in [0.15, 0.2) is 17.0 Å². The maximum absolute atomic E-state index is 13.0. The third kappa shape index (κ3) is 6.38. The minimum atomic E-state index is -1.45. The molecule has 0 aliphatic heterocycles. The Morgan fingerprint density at radius 3 is 2.27 bits per heavy atom. The predicted octanol–water partition coefficient (Wildman–Crippen LogP) is 1.97. The molecule has 2 aromatic carbocycles. The number of carboxylic acids is 2. The Balaban J connectivity index is 1.48. The SMILES string of the molecule is Cc1ccc(C(CC(=O)O)[C@H](NC(=O)c2ccc(N(C)Cc3cnc4nc(N)nc(N)c4n3)cc2)C(=O)O)cc1. The first-order chi connectivity index (χ1) is 19.0. The van der Waals surface area contributed by atoms with Gasteiger partial charge >= 0.3 is 11.9 Å². The van der Waals surface area contributed by atoms with Crippen molar-refractivity contribution in [1.29, 1.82) is 0 Å². The van der Waals surface area contributed by atoms with Gasteiger partial charge in [-0.05, 0) is 36.8 Å². The van der Waals surface area contributed by atoms with Crippen LogP contribution in [0, 0.1) is 6.92 Å². The van der Waals surface area contributed by atoms with Crippen molar-refractivity contribution in [1.82, 2.24) is 25.3 Å². The standard InChI is InChI=1S/C27H28N8O5/c1-14-3-5-15(6-4-14)19(11-20(36)37)21(26(39)40)32-25(38)16-7-9-18(10-8-16)35(2)13-17-12-30-24-22(31-17)23(28)33-27(29)34-24/h3-10,12,19,21H,11,13H2,1-2H3,(H,32,38)(H,36,37)(H,39,40)(H4,28,29,30,33,34)/t19?,21-/m0/s1. The number of aliphatic carboxylic acids is 2. The van der Waals surface area contributed by atoms with Crippen LogP contribution >= 0.6 is 0 Å². The zero-order valence-electron chi connectivity index (χ0n) is 21.8. The zero-order valence-corrected chi connectivity index (χ0v) is 21.8. The summed E-state index contributed by atoms with van der Waals surface area (Å²) >= 11 is 0. The molecule has 0 aliphatic carbocycles. The van der Waals surface area contributed by atoms with E-state index in [1.807, 2.05) is 18.9 Å². The van der Waals surface area contributed by atoms with E-state index in [2.05, 4.69) is 25.3 Å². The third-order valence-electron chi connectivity index (χ3n) is 6.33. The summed E-state index contributed by atoms with van der Waals surface area (Å²) in [6.07, 6.45) is 1.09. The monoisotopic (exact) mass is 544 g/mol. The van der Waals surface area contributed by atoms with Crippen molar-refractivity contribution < 1.29 is 24.6 Å². The molecule has 2 atom stereocenters. The lowest BCUT2D eigenvalue weighted by Gasteiger charge is -2.24. The predicted molar refractivity (Wildman–Crippen MR) is 148 cm³/mol. The Morgan fingerprint density at radius 2 is 1.65 bits per heavy atom. The molecule has 206 valence electrons. The summed E-state index contributed by atoms with van der Waals surface area (Å²) in [5.74, 6) is -3.98. The van der Waals surface area contributed by atoms with Crippen molar-refractivity contribution in [3.05, 3.63) is 77.1 Å². The number of rotatable bonds is 10. The maximum Gasteiger partial charge on any atom is 0.326 e. The lowest BCUT2D eigenvalue weighted by molar-refractivity contribution is -0.141. The van der Waals surface area contributed by atoms with Gasteiger partial charge in [0.2, 0.25) is 5.95 Å². The van der Waals surface area contributed by atoms with E-state index >= 15 is 0 Å². The zero-order chi connectivity index (χ0) is 29.0. The number of anilines is 3. The molecule has 2 aromatic heterocycles. The van der Waals surface area contributed by atoms with Crippen molar-refractivity contribution in [3.8, 4) is 0 Å². The van der Waals surface area contributed by atoms with Gasteiger partial charge in [-0.1, -0.05) is 29.8 Å². The number of aromatic nitrogens is 4. The van der Waals surface area contributed by atoms with Crippen LogP contribution < -0.4 is 21.7 Å². The van der Waals surface area contributed by atoms with E-state index in [9.17, 15) is 24.6 Å². The summed E-state index contributed by atoms with van der Waals surface area (Å²) in [4.78, 5) is 55.2. The lowest BCUT2D eigenvalue weighted by Crippen LogP contribution is -2.45. The number of amides is 1. The van der Waals surface area contributed by atoms with Gasteiger partial charge in [-0.25, -0.2) is 14.8 Å². The van der Waals surface area contributed by atoms with E-state index in [0.717, 1.165) is 11.3 Å². The van der Waals surface area contributed by atoms with Gasteiger partial charge in [0.1, 0.15) is 6.04 Å². The Morgan fingerprint density at radius 1 is 0.975 bits per heavy atom. The van der Waals surface area contributed by atoms with Crippen LogP contribution in [0.3, 0.4) is 0 Å². The Kier molecular flexibility index (Phi) is 8.03. The van der Waals surface area contributed by atoms with Crippen LogP contribution in [0.25, 0.3) is 11.2 Å². The molecule has 1 amide bonds. The van der Waals surface area contributed by atoms with Crippen LogP contribution in [0.15, 0.2) is 54.7 Å². The van der Waals surface area contributed by atoms with E-state index in [1.54, 1.807) is 54.7 Å². The molecular weight excluding hydrogens is 516 g/mol. The average Bonchev–Trinajstić information content (AvgIpc) is 2.91. The van der Waals surface area contributed by atoms with E-state index in [-0.39, 0.29) is 17.3 Å². The molecular formula is C27H28N8O5. The number of carbonyl (C=O) groups is 3. The number of carboxylic acid groups (broad SMARTS) is 2. The minimum Gasteiger partial charge on any atom is -0.481 e. The highest BCUT2D eigenvalue weighted by Gasteiger charge is 2.33. The normalized spacial score (nSPS) is 12.4. The summed E-state index contributed by atoms with van der Waals surface area (Å²) in [5.41, 5.74) is 15.1. The molecule has 0 saturated carbocycles. The quantitative estimate of drug-likeness (QED) is 0.194. The van der Waals surface area contributed by atoms with Crippen molar-refractivity contribution in [3.63, 3.8) is 0 Å². The van der Waals surface area contributed by atoms with E-state index < -0.39 is 36.2 Å². The van der Waals surface area contributed by atoms with Crippen molar-refractivity contribution in [2.75, 3.05) is 23.4 Å². The largest absolute Gasteiger partial charge is 0.481 e. The van der Waals surface area contributed by atoms with E-state index in [4.69, 9.17) is 11.5 Å². The average molecular weight is 545 g/mol. The molecule has 4 aromatic rings. The number of aryl methyl sites for hydroxylation is 1. The number of hydrogen-bond acceptors (Lipinski definition) is 10. The van der Waals surface area contributed by atoms with Crippen LogP contribution in [0.4, 0.5) is 17.5 Å². The van der Waals surface area contributed by atoms with Crippen LogP contribution in [-0.2, 0) is 16.1 Å². The highest BCUT2D eigenvalue weighted by Crippen LogP contribution is 2.26. The molecule has 40 heavy (non-hydrogen) atoms. The first-order valence-electron chi connectivity index (χ1n) is 12.2. The smallest absolute Gasteiger partial charge is 0.326 e. The first kappa shape index (κ1) is 27.7. The Labute approximate surface area is 228 Å². The molecule has 0 fully saturated rings. The number of nitrogens with two attached hydrogens (primary N) is 2. The summed E-state index contributed by atoms with van der Waals surface area (Å²) in [6.45, 7) is 2.22. The lowest BCUT2D eigenvalue weighted by atomic mass is 9.87. The number of nitrogens with one attached hydrogen (secondary N) is 1. The van der Waals surface area contributed by atoms with Gasteiger partial charge in [-0.2, -0.15) is 9.97 Å². The second-order valence-electron chi connectivity index (χ2n) is 9.31. The number of benzene rings is 2. The van der Waals surface area contributed by atoms with Crippen LogP contribution in [0.2, 0.25) is 0 Å². The number of nitrogens with zero attached hydrogens (tertiary/aromatic N) is 5. The summed E-state index contributed by atoms with van der Waals surface area (Å²) in [5, 5.41) is 21.8. The fourth-order valence-corrected chi connectivity index (χ4v) is 4.25. The van der Waals surface area contributed by atoms with Crippen LogP contribution in [0.5, 0.6) is 0 Å². The number of fused-ring (bicyclic) bond motifs is 1. The second-order valence-corrected chi connectivity index (χ2v) is 9.31. The summed E-state index contributed by atoms with van der Waals surface area (Å²) in [6, 6.07) is 11.9. The number of nitrogen functional groups attached to an aromatic ring is 2. The van der Waals surface area contributed by atoms with E-state index in [1.165, 1.54) is 0 Å². The molecule has 4 rings (SSSR count). The fourth-order valence-electron chi connectivity index (χ4n) is 4.25. The Bertz CT molecular complexity index is 1560. The molecule has 0 radical (unpaired) electrons. The minimum absolute atomic E-state index is 0.00975.